The van der Waals surface area contributed by atoms with Crippen LogP contribution in [-0.4, -0.2) is 60.2 Å². The summed E-state index contributed by atoms with van der Waals surface area (Å²) in [6.07, 6.45) is 3.80. The van der Waals surface area contributed by atoms with Crippen LogP contribution in [0, 0.1) is 0 Å². The van der Waals surface area contributed by atoms with Crippen LogP contribution in [0.5, 0.6) is 0 Å². The lowest BCUT2D eigenvalue weighted by molar-refractivity contribution is -0.131. The number of carbonyl (C=O) groups is 1. The van der Waals surface area contributed by atoms with Crippen molar-refractivity contribution in [1.29, 1.82) is 0 Å². The Morgan fingerprint density at radius 3 is 2.25 bits per heavy atom. The summed E-state index contributed by atoms with van der Waals surface area (Å²) in [6, 6.07) is 8.28. The molecule has 2 aromatic rings. The van der Waals surface area contributed by atoms with Crippen molar-refractivity contribution in [1.82, 2.24) is 19.6 Å². The zero-order chi connectivity index (χ0) is 17.7. The number of carbonyl (C=O) groups excluding carboxylic acids is 1. The molecule has 1 heterocycles. The molecule has 0 saturated heterocycles. The summed E-state index contributed by atoms with van der Waals surface area (Å²) in [6.45, 7) is 1.72. The monoisotopic (exact) mass is 329 g/mol. The molecule has 2 rings (SSSR count). The molecule has 1 aromatic heterocycles. The Morgan fingerprint density at radius 1 is 1.04 bits per heavy atom. The van der Waals surface area contributed by atoms with E-state index in [4.69, 9.17) is 0 Å². The molecule has 0 radical (unpaired) electrons. The van der Waals surface area contributed by atoms with Gasteiger partial charge in [-0.25, -0.2) is 0 Å². The SMILES string of the molecule is CN(CC(=O)N(C)Cc1ccc(N(C)C)cc1)Cc1cnn(C)c1. The number of likely N-dealkylation sites (N-methyl/N-ethyl adjacent to an activating group) is 2. The summed E-state index contributed by atoms with van der Waals surface area (Å²) in [4.78, 5) is 18.2. The van der Waals surface area contributed by atoms with Crippen molar-refractivity contribution in [3.8, 4) is 0 Å². The van der Waals surface area contributed by atoms with Crippen LogP contribution in [0.1, 0.15) is 11.1 Å². The second-order valence-corrected chi connectivity index (χ2v) is 6.51. The molecule has 6 nitrogen and oxygen atoms in total. The molecular formula is C18H27N5O. The van der Waals surface area contributed by atoms with Crippen LogP contribution in [-0.2, 0) is 24.9 Å². The minimum Gasteiger partial charge on any atom is -0.378 e. The number of aryl methyl sites for hydroxylation is 1. The highest BCUT2D eigenvalue weighted by atomic mass is 16.2. The molecule has 0 fully saturated rings. The maximum absolute atomic E-state index is 12.4. The van der Waals surface area contributed by atoms with Crippen molar-refractivity contribution in [2.24, 2.45) is 7.05 Å². The number of hydrogen-bond donors (Lipinski definition) is 0. The predicted octanol–water partition coefficient (Wildman–Crippen LogP) is 1.58. The van der Waals surface area contributed by atoms with E-state index in [1.165, 1.54) is 0 Å². The summed E-state index contributed by atoms with van der Waals surface area (Å²) in [7, 11) is 9.72. The molecule has 0 spiro atoms. The smallest absolute Gasteiger partial charge is 0.236 e. The van der Waals surface area contributed by atoms with Gasteiger partial charge in [0.2, 0.25) is 5.91 Å². The topological polar surface area (TPSA) is 44.6 Å². The number of rotatable bonds is 7. The molecule has 0 aliphatic heterocycles. The van der Waals surface area contributed by atoms with Gasteiger partial charge in [-0.15, -0.1) is 0 Å². The van der Waals surface area contributed by atoms with Crippen molar-refractivity contribution in [2.75, 3.05) is 39.6 Å². The number of benzene rings is 1. The van der Waals surface area contributed by atoms with Gasteiger partial charge in [0.25, 0.3) is 0 Å². The molecule has 0 aliphatic carbocycles. The summed E-state index contributed by atoms with van der Waals surface area (Å²) >= 11 is 0. The molecule has 0 saturated carbocycles. The first-order valence-electron chi connectivity index (χ1n) is 8.01. The number of anilines is 1. The summed E-state index contributed by atoms with van der Waals surface area (Å²) in [5.41, 5.74) is 3.39. The number of aromatic nitrogens is 2. The maximum Gasteiger partial charge on any atom is 0.236 e. The Kier molecular flexibility index (Phi) is 5.98. The summed E-state index contributed by atoms with van der Waals surface area (Å²) in [5, 5.41) is 4.15. The molecule has 0 N–H and O–H groups in total. The molecule has 6 heteroatoms. The van der Waals surface area contributed by atoms with Crippen molar-refractivity contribution < 1.29 is 4.79 Å². The van der Waals surface area contributed by atoms with Crippen LogP contribution >= 0.6 is 0 Å². The third kappa shape index (κ3) is 5.09. The molecule has 0 atom stereocenters. The summed E-state index contributed by atoms with van der Waals surface area (Å²) in [5.74, 6) is 0.109. The molecule has 1 amide bonds. The van der Waals surface area contributed by atoms with Gasteiger partial charge in [-0.3, -0.25) is 14.4 Å². The second kappa shape index (κ2) is 7.97. The third-order valence-corrected chi connectivity index (χ3v) is 3.91. The first-order chi connectivity index (χ1) is 11.3. The van der Waals surface area contributed by atoms with E-state index in [2.05, 4.69) is 34.3 Å². The third-order valence-electron chi connectivity index (χ3n) is 3.91. The van der Waals surface area contributed by atoms with E-state index in [-0.39, 0.29) is 5.91 Å². The quantitative estimate of drug-likeness (QED) is 0.774. The van der Waals surface area contributed by atoms with Crippen LogP contribution < -0.4 is 4.90 Å². The molecule has 130 valence electrons. The Hall–Kier alpha value is -2.34. The van der Waals surface area contributed by atoms with Crippen molar-refractivity contribution >= 4 is 11.6 Å². The molecule has 0 bridgehead atoms. The minimum atomic E-state index is 0.109. The van der Waals surface area contributed by atoms with Crippen molar-refractivity contribution in [3.05, 3.63) is 47.8 Å². The van der Waals surface area contributed by atoms with Gasteiger partial charge in [0.05, 0.1) is 12.7 Å². The maximum atomic E-state index is 12.4. The van der Waals surface area contributed by atoms with Gasteiger partial charge in [0.15, 0.2) is 0 Å². The van der Waals surface area contributed by atoms with Gasteiger partial charge in [-0.1, -0.05) is 12.1 Å². The summed E-state index contributed by atoms with van der Waals surface area (Å²) < 4.78 is 1.77. The Balaban J connectivity index is 1.84. The Morgan fingerprint density at radius 2 is 1.71 bits per heavy atom. The van der Waals surface area contributed by atoms with E-state index in [1.807, 2.05) is 52.5 Å². The lowest BCUT2D eigenvalue weighted by Gasteiger charge is -2.22. The minimum absolute atomic E-state index is 0.109. The number of amides is 1. The molecule has 0 aliphatic rings. The predicted molar refractivity (Wildman–Crippen MR) is 96.8 cm³/mol. The van der Waals surface area contributed by atoms with Gasteiger partial charge < -0.3 is 9.80 Å². The van der Waals surface area contributed by atoms with E-state index in [9.17, 15) is 4.79 Å². The highest BCUT2D eigenvalue weighted by molar-refractivity contribution is 5.78. The normalized spacial score (nSPS) is 10.9. The van der Waals surface area contributed by atoms with Gasteiger partial charge in [-0.05, 0) is 24.7 Å². The van der Waals surface area contributed by atoms with Crippen molar-refractivity contribution in [3.63, 3.8) is 0 Å². The van der Waals surface area contributed by atoms with Gasteiger partial charge in [-0.2, -0.15) is 5.10 Å². The van der Waals surface area contributed by atoms with Gasteiger partial charge in [0, 0.05) is 58.7 Å². The van der Waals surface area contributed by atoms with Gasteiger partial charge in [0.1, 0.15) is 0 Å². The van der Waals surface area contributed by atoms with Crippen LogP contribution in [0.15, 0.2) is 36.7 Å². The molecular weight excluding hydrogens is 302 g/mol. The largest absolute Gasteiger partial charge is 0.378 e. The van der Waals surface area contributed by atoms with E-state index >= 15 is 0 Å². The first kappa shape index (κ1) is 18.0. The Labute approximate surface area is 144 Å². The van der Waals surface area contributed by atoms with E-state index in [1.54, 1.807) is 9.58 Å². The van der Waals surface area contributed by atoms with Crippen LogP contribution in [0.25, 0.3) is 0 Å². The zero-order valence-electron chi connectivity index (χ0n) is 15.2. The fraction of sp³-hybridized carbons (Fsp3) is 0.444. The molecule has 24 heavy (non-hydrogen) atoms. The molecule has 1 aromatic carbocycles. The molecule has 0 unspecified atom stereocenters. The average Bonchev–Trinajstić information content (AvgIpc) is 2.92. The lowest BCUT2D eigenvalue weighted by Crippen LogP contribution is -2.36. The van der Waals surface area contributed by atoms with Gasteiger partial charge >= 0.3 is 0 Å². The number of hydrogen-bond acceptors (Lipinski definition) is 4. The Bertz CT molecular complexity index is 662. The standard InChI is InChI=1S/C18H27N5O/c1-20(2)17-8-6-15(7-9-17)12-22(4)18(24)14-21(3)11-16-10-19-23(5)13-16/h6-10,13H,11-12,14H2,1-5H3. The van der Waals surface area contributed by atoms with Crippen LogP contribution in [0.2, 0.25) is 0 Å². The first-order valence-corrected chi connectivity index (χ1v) is 8.01. The highest BCUT2D eigenvalue weighted by Crippen LogP contribution is 2.13. The average molecular weight is 329 g/mol. The number of nitrogens with zero attached hydrogens (tertiary/aromatic N) is 5. The fourth-order valence-corrected chi connectivity index (χ4v) is 2.53. The zero-order valence-corrected chi connectivity index (χ0v) is 15.2. The van der Waals surface area contributed by atoms with Crippen LogP contribution in [0.4, 0.5) is 5.69 Å². The van der Waals surface area contributed by atoms with E-state index in [0.717, 1.165) is 16.8 Å². The fourth-order valence-electron chi connectivity index (χ4n) is 2.53. The highest BCUT2D eigenvalue weighted by Gasteiger charge is 2.13. The lowest BCUT2D eigenvalue weighted by atomic mass is 10.2. The van der Waals surface area contributed by atoms with E-state index in [0.29, 0.717) is 19.6 Å². The van der Waals surface area contributed by atoms with Crippen LogP contribution in [0.3, 0.4) is 0 Å². The van der Waals surface area contributed by atoms with E-state index < -0.39 is 0 Å². The second-order valence-electron chi connectivity index (χ2n) is 6.51. The van der Waals surface area contributed by atoms with Crippen molar-refractivity contribution in [2.45, 2.75) is 13.1 Å².